The van der Waals surface area contributed by atoms with Gasteiger partial charge in [-0.25, -0.2) is 4.98 Å². The van der Waals surface area contributed by atoms with Gasteiger partial charge in [0.1, 0.15) is 5.65 Å². The summed E-state index contributed by atoms with van der Waals surface area (Å²) in [7, 11) is 0. The van der Waals surface area contributed by atoms with Crippen molar-refractivity contribution in [3.63, 3.8) is 0 Å². The molecular formula is C19H23N5. The molecule has 5 heteroatoms. The van der Waals surface area contributed by atoms with Crippen molar-refractivity contribution < 1.29 is 0 Å². The largest absolute Gasteiger partial charge is 0.350 e. The van der Waals surface area contributed by atoms with Gasteiger partial charge < -0.3 is 10.3 Å². The van der Waals surface area contributed by atoms with Crippen LogP contribution in [0.3, 0.4) is 0 Å². The fourth-order valence-corrected chi connectivity index (χ4v) is 3.24. The lowest BCUT2D eigenvalue weighted by Crippen LogP contribution is -2.29. The molecule has 1 saturated heterocycles. The molecule has 3 heterocycles. The second kappa shape index (κ2) is 7.01. The van der Waals surface area contributed by atoms with Crippen molar-refractivity contribution in [3.8, 4) is 0 Å². The highest BCUT2D eigenvalue weighted by Gasteiger charge is 2.10. The molecule has 3 aromatic rings. The summed E-state index contributed by atoms with van der Waals surface area (Å²) in [5, 5.41) is 4.32. The van der Waals surface area contributed by atoms with E-state index in [1.165, 1.54) is 43.5 Å². The number of fused-ring (bicyclic) bond motifs is 1. The second-order valence-electron chi connectivity index (χ2n) is 6.48. The summed E-state index contributed by atoms with van der Waals surface area (Å²) in [6.45, 7) is 4.28. The fraction of sp³-hybridized carbons (Fsp3) is 0.368. The van der Waals surface area contributed by atoms with Crippen molar-refractivity contribution in [2.24, 2.45) is 0 Å². The Bertz CT molecular complexity index is 787. The summed E-state index contributed by atoms with van der Waals surface area (Å²) in [5.41, 5.74) is 3.50. The van der Waals surface area contributed by atoms with E-state index in [1.54, 1.807) is 0 Å². The minimum absolute atomic E-state index is 0.655. The van der Waals surface area contributed by atoms with E-state index < -0.39 is 0 Å². The zero-order valence-electron chi connectivity index (χ0n) is 13.8. The van der Waals surface area contributed by atoms with Gasteiger partial charge in [0, 0.05) is 30.9 Å². The van der Waals surface area contributed by atoms with Crippen LogP contribution in [0.1, 0.15) is 30.4 Å². The van der Waals surface area contributed by atoms with Gasteiger partial charge in [-0.2, -0.15) is 4.98 Å². The SMILES string of the molecule is c1cc2cnc(NCc3ccc(CN4CCCCC4)cc3)nc2[nH]1. The van der Waals surface area contributed by atoms with Crippen molar-refractivity contribution in [1.29, 1.82) is 0 Å². The molecule has 0 spiro atoms. The molecule has 1 fully saturated rings. The number of nitrogens with zero attached hydrogens (tertiary/aromatic N) is 3. The summed E-state index contributed by atoms with van der Waals surface area (Å²) in [6.07, 6.45) is 7.78. The average molecular weight is 321 g/mol. The maximum atomic E-state index is 4.46. The Balaban J connectivity index is 1.34. The van der Waals surface area contributed by atoms with Gasteiger partial charge in [0.05, 0.1) is 0 Å². The molecule has 0 aliphatic carbocycles. The monoisotopic (exact) mass is 321 g/mol. The predicted octanol–water partition coefficient (Wildman–Crippen LogP) is 3.56. The van der Waals surface area contributed by atoms with Crippen LogP contribution in [0.5, 0.6) is 0 Å². The summed E-state index contributed by atoms with van der Waals surface area (Å²) in [4.78, 5) is 14.5. The first kappa shape index (κ1) is 15.1. The summed E-state index contributed by atoms with van der Waals surface area (Å²) >= 11 is 0. The molecule has 2 aromatic heterocycles. The number of aromatic amines is 1. The van der Waals surface area contributed by atoms with Gasteiger partial charge in [-0.3, -0.25) is 4.90 Å². The molecule has 0 amide bonds. The van der Waals surface area contributed by atoms with E-state index in [0.29, 0.717) is 5.95 Å². The normalized spacial score (nSPS) is 15.7. The third-order valence-electron chi connectivity index (χ3n) is 4.63. The van der Waals surface area contributed by atoms with E-state index in [0.717, 1.165) is 24.1 Å². The summed E-state index contributed by atoms with van der Waals surface area (Å²) in [5.74, 6) is 0.655. The van der Waals surface area contributed by atoms with Crippen LogP contribution in [0.4, 0.5) is 5.95 Å². The third-order valence-corrected chi connectivity index (χ3v) is 4.63. The predicted molar refractivity (Wildman–Crippen MR) is 96.8 cm³/mol. The van der Waals surface area contributed by atoms with Crippen LogP contribution in [0.2, 0.25) is 0 Å². The zero-order valence-corrected chi connectivity index (χ0v) is 13.8. The highest BCUT2D eigenvalue weighted by atomic mass is 15.1. The number of nitrogens with one attached hydrogen (secondary N) is 2. The van der Waals surface area contributed by atoms with Crippen molar-refractivity contribution in [2.75, 3.05) is 18.4 Å². The lowest BCUT2D eigenvalue weighted by atomic mass is 10.1. The van der Waals surface area contributed by atoms with E-state index in [-0.39, 0.29) is 0 Å². The van der Waals surface area contributed by atoms with Gasteiger partial charge >= 0.3 is 0 Å². The lowest BCUT2D eigenvalue weighted by molar-refractivity contribution is 0.221. The molecule has 0 unspecified atom stereocenters. The number of piperidine rings is 1. The average Bonchev–Trinajstić information content (AvgIpc) is 3.10. The fourth-order valence-electron chi connectivity index (χ4n) is 3.24. The van der Waals surface area contributed by atoms with Crippen LogP contribution >= 0.6 is 0 Å². The summed E-state index contributed by atoms with van der Waals surface area (Å²) < 4.78 is 0. The molecule has 24 heavy (non-hydrogen) atoms. The third kappa shape index (κ3) is 3.57. The molecule has 1 aromatic carbocycles. The Labute approximate surface area is 142 Å². The zero-order chi connectivity index (χ0) is 16.2. The van der Waals surface area contributed by atoms with Gasteiger partial charge in [0.25, 0.3) is 0 Å². The smallest absolute Gasteiger partial charge is 0.224 e. The number of aromatic nitrogens is 3. The van der Waals surface area contributed by atoms with Crippen LogP contribution in [0.25, 0.3) is 11.0 Å². The molecule has 5 nitrogen and oxygen atoms in total. The minimum atomic E-state index is 0.655. The van der Waals surface area contributed by atoms with Gasteiger partial charge in [-0.1, -0.05) is 30.7 Å². The number of hydrogen-bond donors (Lipinski definition) is 2. The van der Waals surface area contributed by atoms with E-state index in [2.05, 4.69) is 49.4 Å². The van der Waals surface area contributed by atoms with E-state index >= 15 is 0 Å². The van der Waals surface area contributed by atoms with E-state index in [1.807, 2.05) is 18.5 Å². The number of anilines is 1. The van der Waals surface area contributed by atoms with E-state index in [9.17, 15) is 0 Å². The first-order valence-electron chi connectivity index (χ1n) is 8.71. The number of rotatable bonds is 5. The van der Waals surface area contributed by atoms with Crippen molar-refractivity contribution in [3.05, 3.63) is 53.9 Å². The summed E-state index contributed by atoms with van der Waals surface area (Å²) in [6, 6.07) is 10.8. The Kier molecular flexibility index (Phi) is 4.42. The molecule has 2 N–H and O–H groups in total. The molecule has 0 bridgehead atoms. The number of benzene rings is 1. The molecule has 124 valence electrons. The number of likely N-dealkylation sites (tertiary alicyclic amines) is 1. The first-order valence-corrected chi connectivity index (χ1v) is 8.71. The van der Waals surface area contributed by atoms with Crippen molar-refractivity contribution >= 4 is 17.0 Å². The maximum Gasteiger partial charge on any atom is 0.224 e. The molecule has 1 aliphatic heterocycles. The van der Waals surface area contributed by atoms with Gasteiger partial charge in [0.15, 0.2) is 0 Å². The topological polar surface area (TPSA) is 56.8 Å². The van der Waals surface area contributed by atoms with Crippen LogP contribution in [0.15, 0.2) is 42.7 Å². The molecular weight excluding hydrogens is 298 g/mol. The second-order valence-corrected chi connectivity index (χ2v) is 6.48. The highest BCUT2D eigenvalue weighted by Crippen LogP contribution is 2.15. The Hall–Kier alpha value is -2.40. The lowest BCUT2D eigenvalue weighted by Gasteiger charge is -2.26. The van der Waals surface area contributed by atoms with Crippen molar-refractivity contribution in [2.45, 2.75) is 32.4 Å². The quantitative estimate of drug-likeness (QED) is 0.754. The van der Waals surface area contributed by atoms with Crippen LogP contribution in [-0.2, 0) is 13.1 Å². The van der Waals surface area contributed by atoms with Gasteiger partial charge in [-0.15, -0.1) is 0 Å². The van der Waals surface area contributed by atoms with Crippen LogP contribution in [0, 0.1) is 0 Å². The Morgan fingerprint density at radius 2 is 1.79 bits per heavy atom. The highest BCUT2D eigenvalue weighted by molar-refractivity contribution is 5.75. The van der Waals surface area contributed by atoms with Crippen molar-refractivity contribution in [1.82, 2.24) is 19.9 Å². The van der Waals surface area contributed by atoms with Gasteiger partial charge in [-0.05, 0) is 43.1 Å². The maximum absolute atomic E-state index is 4.46. The molecule has 0 radical (unpaired) electrons. The number of H-pyrrole nitrogens is 1. The van der Waals surface area contributed by atoms with Gasteiger partial charge in [0.2, 0.25) is 5.95 Å². The standard InChI is InChI=1S/C19H23N5/c1-2-10-24(11-3-1)14-16-6-4-15(5-7-16)12-21-19-22-13-17-8-9-20-18(17)23-19/h4-9,13H,1-3,10-12,14H2,(H2,20,21,22,23). The molecule has 1 aliphatic rings. The minimum Gasteiger partial charge on any atom is -0.350 e. The number of hydrogen-bond acceptors (Lipinski definition) is 4. The first-order chi connectivity index (χ1) is 11.9. The van der Waals surface area contributed by atoms with E-state index in [4.69, 9.17) is 0 Å². The Morgan fingerprint density at radius 1 is 1.00 bits per heavy atom. The molecule has 0 saturated carbocycles. The van der Waals surface area contributed by atoms with Crippen LogP contribution < -0.4 is 5.32 Å². The Morgan fingerprint density at radius 3 is 2.62 bits per heavy atom. The van der Waals surface area contributed by atoms with Crippen LogP contribution in [-0.4, -0.2) is 32.9 Å². The molecule has 4 rings (SSSR count). The molecule has 0 atom stereocenters.